The molecule has 0 radical (unpaired) electrons. The maximum Gasteiger partial charge on any atom is 0.0626 e. The molecule has 0 amide bonds. The van der Waals surface area contributed by atoms with Crippen LogP contribution in [0.1, 0.15) is 5.56 Å². The topological polar surface area (TPSA) is 84.6 Å². The zero-order valence-electron chi connectivity index (χ0n) is 7.27. The molecular formula is C9H13N3O. The third-order valence-electron chi connectivity index (χ3n) is 1.57. The number of hydrogen-bond acceptors (Lipinski definition) is 4. The number of nitrogen functional groups attached to an aromatic ring is 2. The van der Waals surface area contributed by atoms with E-state index in [1.165, 1.54) is 0 Å². The van der Waals surface area contributed by atoms with Crippen LogP contribution in [-0.4, -0.2) is 24.5 Å². The van der Waals surface area contributed by atoms with Crippen LogP contribution < -0.4 is 11.5 Å². The summed E-state index contributed by atoms with van der Waals surface area (Å²) in [7, 11) is 0. The molecule has 1 aromatic rings. The zero-order chi connectivity index (χ0) is 9.68. The van der Waals surface area contributed by atoms with Crippen molar-refractivity contribution in [1.29, 1.82) is 0 Å². The van der Waals surface area contributed by atoms with Gasteiger partial charge < -0.3 is 16.6 Å². The lowest BCUT2D eigenvalue weighted by Crippen LogP contribution is -1.96. The van der Waals surface area contributed by atoms with Crippen molar-refractivity contribution in [2.75, 3.05) is 24.6 Å². The molecule has 1 rings (SSSR count). The maximum absolute atomic E-state index is 8.49. The fraction of sp³-hybridized carbons (Fsp3) is 0.222. The quantitative estimate of drug-likeness (QED) is 0.459. The molecule has 0 atom stereocenters. The molecule has 13 heavy (non-hydrogen) atoms. The monoisotopic (exact) mass is 179 g/mol. The first-order chi connectivity index (χ1) is 6.24. The first-order valence-corrected chi connectivity index (χ1v) is 3.99. The van der Waals surface area contributed by atoms with Gasteiger partial charge in [-0.1, -0.05) is 0 Å². The minimum Gasteiger partial charge on any atom is -0.399 e. The number of hydrogen-bond donors (Lipinski definition) is 3. The van der Waals surface area contributed by atoms with Crippen LogP contribution in [0.15, 0.2) is 23.2 Å². The van der Waals surface area contributed by atoms with Gasteiger partial charge in [0.05, 0.1) is 13.2 Å². The SMILES string of the molecule is Nc1ccc(C=NCCO)c(N)c1. The Balaban J connectivity index is 2.77. The van der Waals surface area contributed by atoms with Gasteiger partial charge in [-0.05, 0) is 18.2 Å². The van der Waals surface area contributed by atoms with Crippen molar-refractivity contribution < 1.29 is 5.11 Å². The Kier molecular flexibility index (Phi) is 3.28. The summed E-state index contributed by atoms with van der Waals surface area (Å²) in [5.74, 6) is 0. The van der Waals surface area contributed by atoms with E-state index in [1.54, 1.807) is 24.4 Å². The van der Waals surface area contributed by atoms with Crippen LogP contribution in [0.3, 0.4) is 0 Å². The molecule has 0 unspecified atom stereocenters. The number of aliphatic hydroxyl groups is 1. The molecule has 1 aromatic carbocycles. The van der Waals surface area contributed by atoms with E-state index in [9.17, 15) is 0 Å². The second-order valence-corrected chi connectivity index (χ2v) is 2.65. The normalized spacial score (nSPS) is 10.8. The van der Waals surface area contributed by atoms with Crippen molar-refractivity contribution in [2.24, 2.45) is 4.99 Å². The number of nitrogens with two attached hydrogens (primary N) is 2. The molecule has 0 spiro atoms. The molecule has 4 heteroatoms. The average molecular weight is 179 g/mol. The van der Waals surface area contributed by atoms with Gasteiger partial charge in [-0.3, -0.25) is 4.99 Å². The Labute approximate surface area is 76.9 Å². The summed E-state index contributed by atoms with van der Waals surface area (Å²) in [6.07, 6.45) is 1.63. The molecule has 0 heterocycles. The van der Waals surface area contributed by atoms with Gasteiger partial charge in [0.15, 0.2) is 0 Å². The van der Waals surface area contributed by atoms with Gasteiger partial charge in [-0.25, -0.2) is 0 Å². The van der Waals surface area contributed by atoms with Crippen molar-refractivity contribution >= 4 is 17.6 Å². The van der Waals surface area contributed by atoms with Crippen molar-refractivity contribution in [3.05, 3.63) is 23.8 Å². The third-order valence-corrected chi connectivity index (χ3v) is 1.57. The minimum absolute atomic E-state index is 0.0470. The Morgan fingerprint density at radius 2 is 2.15 bits per heavy atom. The van der Waals surface area contributed by atoms with Crippen LogP contribution in [0.5, 0.6) is 0 Å². The number of rotatable bonds is 3. The molecule has 0 saturated carbocycles. The minimum atomic E-state index is 0.0470. The highest BCUT2D eigenvalue weighted by atomic mass is 16.3. The average Bonchev–Trinajstić information content (AvgIpc) is 2.09. The van der Waals surface area contributed by atoms with E-state index in [-0.39, 0.29) is 6.61 Å². The molecule has 4 nitrogen and oxygen atoms in total. The summed E-state index contributed by atoms with van der Waals surface area (Å²) in [6.45, 7) is 0.440. The van der Waals surface area contributed by atoms with Crippen molar-refractivity contribution in [2.45, 2.75) is 0 Å². The summed E-state index contributed by atoms with van der Waals surface area (Å²) in [6, 6.07) is 5.24. The number of benzene rings is 1. The van der Waals surface area contributed by atoms with Crippen LogP contribution in [0.4, 0.5) is 11.4 Å². The molecule has 0 fully saturated rings. The summed E-state index contributed by atoms with van der Waals surface area (Å²) in [4.78, 5) is 3.95. The third kappa shape index (κ3) is 2.76. The van der Waals surface area contributed by atoms with E-state index in [0.29, 0.717) is 17.9 Å². The first kappa shape index (κ1) is 9.54. The molecule has 0 aliphatic carbocycles. The van der Waals surface area contributed by atoms with E-state index in [2.05, 4.69) is 4.99 Å². The summed E-state index contributed by atoms with van der Waals surface area (Å²) >= 11 is 0. The van der Waals surface area contributed by atoms with Gasteiger partial charge >= 0.3 is 0 Å². The lowest BCUT2D eigenvalue weighted by molar-refractivity contribution is 0.307. The van der Waals surface area contributed by atoms with E-state index in [4.69, 9.17) is 16.6 Å². The zero-order valence-corrected chi connectivity index (χ0v) is 7.27. The van der Waals surface area contributed by atoms with Gasteiger partial charge in [0.1, 0.15) is 0 Å². The molecule has 0 aliphatic heterocycles. The van der Waals surface area contributed by atoms with Crippen molar-refractivity contribution in [3.8, 4) is 0 Å². The molecule has 0 aliphatic rings. The Morgan fingerprint density at radius 1 is 1.38 bits per heavy atom. The van der Waals surface area contributed by atoms with E-state index < -0.39 is 0 Å². The molecule has 70 valence electrons. The second kappa shape index (κ2) is 4.47. The highest BCUT2D eigenvalue weighted by molar-refractivity contribution is 5.87. The second-order valence-electron chi connectivity index (χ2n) is 2.65. The van der Waals surface area contributed by atoms with Crippen LogP contribution in [0.25, 0.3) is 0 Å². The van der Waals surface area contributed by atoms with Crippen LogP contribution in [-0.2, 0) is 0 Å². The van der Waals surface area contributed by atoms with Crippen LogP contribution in [0, 0.1) is 0 Å². The molecule has 0 aromatic heterocycles. The number of aliphatic hydroxyl groups excluding tert-OH is 1. The summed E-state index contributed by atoms with van der Waals surface area (Å²) in [5, 5.41) is 8.49. The molecule has 5 N–H and O–H groups in total. The van der Waals surface area contributed by atoms with Crippen LogP contribution in [0.2, 0.25) is 0 Å². The molecule has 0 bridgehead atoms. The van der Waals surface area contributed by atoms with E-state index in [0.717, 1.165) is 5.56 Å². The molecular weight excluding hydrogens is 166 g/mol. The van der Waals surface area contributed by atoms with Crippen molar-refractivity contribution in [1.82, 2.24) is 0 Å². The Morgan fingerprint density at radius 3 is 2.77 bits per heavy atom. The van der Waals surface area contributed by atoms with E-state index >= 15 is 0 Å². The standard InChI is InChI=1S/C9H13N3O/c10-8-2-1-7(9(11)5-8)6-12-3-4-13/h1-2,5-6,13H,3-4,10-11H2. The number of aliphatic imine (C=N–C) groups is 1. The maximum atomic E-state index is 8.49. The van der Waals surface area contributed by atoms with Gasteiger partial charge in [0, 0.05) is 23.2 Å². The van der Waals surface area contributed by atoms with Gasteiger partial charge in [-0.2, -0.15) is 0 Å². The predicted octanol–water partition coefficient (Wildman–Crippen LogP) is 0.262. The fourth-order valence-electron chi connectivity index (χ4n) is 0.931. The Bertz CT molecular complexity index is 310. The predicted molar refractivity (Wildman–Crippen MR) is 54.8 cm³/mol. The van der Waals surface area contributed by atoms with Crippen molar-refractivity contribution in [3.63, 3.8) is 0 Å². The largest absolute Gasteiger partial charge is 0.399 e. The lowest BCUT2D eigenvalue weighted by Gasteiger charge is -2.00. The van der Waals surface area contributed by atoms with Gasteiger partial charge in [0.25, 0.3) is 0 Å². The number of nitrogens with zero attached hydrogens (tertiary/aromatic N) is 1. The fourth-order valence-corrected chi connectivity index (χ4v) is 0.931. The lowest BCUT2D eigenvalue weighted by atomic mass is 10.2. The smallest absolute Gasteiger partial charge is 0.0626 e. The van der Waals surface area contributed by atoms with Gasteiger partial charge in [0.2, 0.25) is 0 Å². The summed E-state index contributed by atoms with van der Waals surface area (Å²) < 4.78 is 0. The van der Waals surface area contributed by atoms with E-state index in [1.807, 2.05) is 0 Å². The van der Waals surface area contributed by atoms with Gasteiger partial charge in [-0.15, -0.1) is 0 Å². The summed E-state index contributed by atoms with van der Waals surface area (Å²) in [5.41, 5.74) is 13.2. The first-order valence-electron chi connectivity index (χ1n) is 3.99. The van der Waals surface area contributed by atoms with Crippen LogP contribution >= 0.6 is 0 Å². The highest BCUT2D eigenvalue weighted by Gasteiger charge is 1.94. The Hall–Kier alpha value is -1.55. The molecule has 0 saturated heterocycles. The number of anilines is 2. The highest BCUT2D eigenvalue weighted by Crippen LogP contribution is 2.13.